The molecule has 0 unspecified atom stereocenters. The predicted octanol–water partition coefficient (Wildman–Crippen LogP) is 2.76. The van der Waals surface area contributed by atoms with Crippen molar-refractivity contribution in [3.63, 3.8) is 0 Å². The monoisotopic (exact) mass is 290 g/mol. The zero-order valence-electron chi connectivity index (χ0n) is 12.3. The number of rotatable bonds is 4. The molecule has 1 saturated carbocycles. The third-order valence-corrected chi connectivity index (χ3v) is 3.98. The van der Waals surface area contributed by atoms with Gasteiger partial charge in [-0.1, -0.05) is 19.1 Å². The average molecular weight is 290 g/mol. The smallest absolute Gasteiger partial charge is 0.335 e. The second-order valence-electron chi connectivity index (χ2n) is 5.79. The Morgan fingerprint density at radius 1 is 1.24 bits per heavy atom. The molecule has 1 aromatic rings. The Kier molecular flexibility index (Phi) is 5.20. The molecule has 1 fully saturated rings. The standard InChI is InChI=1S/C16H22N2O3/c1-11-5-7-14(8-6-11)18-16(21)17-10-12-3-2-4-13(9-12)15(19)20/h2-4,9,11,14H,5-8,10H2,1H3,(H,19,20)(H2,17,18,21). The van der Waals surface area contributed by atoms with E-state index in [9.17, 15) is 9.59 Å². The molecule has 1 aromatic carbocycles. The van der Waals surface area contributed by atoms with E-state index < -0.39 is 5.97 Å². The lowest BCUT2D eigenvalue weighted by Crippen LogP contribution is -2.43. The lowest BCUT2D eigenvalue weighted by molar-refractivity contribution is 0.0696. The molecular formula is C16H22N2O3. The quantitative estimate of drug-likeness (QED) is 0.798. The third-order valence-electron chi connectivity index (χ3n) is 3.98. The number of hydrogen-bond acceptors (Lipinski definition) is 2. The molecule has 2 amide bonds. The van der Waals surface area contributed by atoms with Gasteiger partial charge in [0.05, 0.1) is 5.56 Å². The molecule has 0 spiro atoms. The van der Waals surface area contributed by atoms with E-state index in [1.165, 1.54) is 6.07 Å². The minimum Gasteiger partial charge on any atom is -0.478 e. The molecule has 5 heteroatoms. The summed E-state index contributed by atoms with van der Waals surface area (Å²) in [4.78, 5) is 22.7. The van der Waals surface area contributed by atoms with Crippen LogP contribution in [0.2, 0.25) is 0 Å². The summed E-state index contributed by atoms with van der Waals surface area (Å²) in [6, 6.07) is 6.66. The number of carboxylic acids is 1. The normalized spacial score (nSPS) is 21.6. The van der Waals surface area contributed by atoms with Crippen LogP contribution in [0.4, 0.5) is 4.79 Å². The predicted molar refractivity (Wildman–Crippen MR) is 80.2 cm³/mol. The van der Waals surface area contributed by atoms with Crippen molar-refractivity contribution >= 4 is 12.0 Å². The summed E-state index contributed by atoms with van der Waals surface area (Å²) in [5.74, 6) is -0.206. The van der Waals surface area contributed by atoms with Gasteiger partial charge in [-0.3, -0.25) is 0 Å². The first kappa shape index (κ1) is 15.4. The van der Waals surface area contributed by atoms with Crippen molar-refractivity contribution < 1.29 is 14.7 Å². The van der Waals surface area contributed by atoms with E-state index in [1.54, 1.807) is 18.2 Å². The molecule has 0 aliphatic heterocycles. The Labute approximate surface area is 124 Å². The van der Waals surface area contributed by atoms with Crippen LogP contribution in [0.5, 0.6) is 0 Å². The van der Waals surface area contributed by atoms with Gasteiger partial charge in [0.15, 0.2) is 0 Å². The summed E-state index contributed by atoms with van der Waals surface area (Å²) in [7, 11) is 0. The lowest BCUT2D eigenvalue weighted by atomic mass is 9.87. The van der Waals surface area contributed by atoms with Crippen LogP contribution in [0.3, 0.4) is 0 Å². The van der Waals surface area contributed by atoms with E-state index in [0.717, 1.165) is 37.2 Å². The summed E-state index contributed by atoms with van der Waals surface area (Å²) in [5, 5.41) is 14.7. The van der Waals surface area contributed by atoms with Gasteiger partial charge in [0.2, 0.25) is 0 Å². The van der Waals surface area contributed by atoms with Gasteiger partial charge in [0.1, 0.15) is 0 Å². The van der Waals surface area contributed by atoms with Gasteiger partial charge in [-0.2, -0.15) is 0 Å². The fourth-order valence-electron chi connectivity index (χ4n) is 2.64. The van der Waals surface area contributed by atoms with E-state index in [1.807, 2.05) is 0 Å². The number of carbonyl (C=O) groups excluding carboxylic acids is 1. The molecule has 21 heavy (non-hydrogen) atoms. The molecule has 114 valence electrons. The van der Waals surface area contributed by atoms with Crippen LogP contribution in [-0.2, 0) is 6.54 Å². The Morgan fingerprint density at radius 3 is 2.62 bits per heavy atom. The van der Waals surface area contributed by atoms with Gasteiger partial charge in [-0.05, 0) is 49.3 Å². The van der Waals surface area contributed by atoms with Crippen molar-refractivity contribution in [2.24, 2.45) is 5.92 Å². The summed E-state index contributed by atoms with van der Waals surface area (Å²) >= 11 is 0. The van der Waals surface area contributed by atoms with E-state index in [0.29, 0.717) is 6.54 Å². The summed E-state index contributed by atoms with van der Waals surface area (Å²) < 4.78 is 0. The van der Waals surface area contributed by atoms with Gasteiger partial charge in [0, 0.05) is 12.6 Å². The molecular weight excluding hydrogens is 268 g/mol. The maximum absolute atomic E-state index is 11.8. The van der Waals surface area contributed by atoms with Crippen molar-refractivity contribution in [2.45, 2.75) is 45.2 Å². The van der Waals surface area contributed by atoms with Gasteiger partial charge in [0.25, 0.3) is 0 Å². The number of aromatic carboxylic acids is 1. The minimum atomic E-state index is -0.961. The number of carbonyl (C=O) groups is 2. The second kappa shape index (κ2) is 7.11. The van der Waals surface area contributed by atoms with Gasteiger partial charge in [-0.25, -0.2) is 9.59 Å². The molecule has 5 nitrogen and oxygen atoms in total. The largest absolute Gasteiger partial charge is 0.478 e. The van der Waals surface area contributed by atoms with Crippen LogP contribution in [0.1, 0.15) is 48.5 Å². The second-order valence-corrected chi connectivity index (χ2v) is 5.79. The highest BCUT2D eigenvalue weighted by atomic mass is 16.4. The first-order valence-electron chi connectivity index (χ1n) is 7.41. The Bertz CT molecular complexity index is 508. The first-order chi connectivity index (χ1) is 10.0. The first-order valence-corrected chi connectivity index (χ1v) is 7.41. The highest BCUT2D eigenvalue weighted by Gasteiger charge is 2.19. The fourth-order valence-corrected chi connectivity index (χ4v) is 2.64. The number of hydrogen-bond donors (Lipinski definition) is 3. The maximum atomic E-state index is 11.8. The molecule has 0 radical (unpaired) electrons. The minimum absolute atomic E-state index is 0.185. The molecule has 3 N–H and O–H groups in total. The highest BCUT2D eigenvalue weighted by molar-refractivity contribution is 5.87. The van der Waals surface area contributed by atoms with E-state index in [2.05, 4.69) is 17.6 Å². The molecule has 0 heterocycles. The fraction of sp³-hybridized carbons (Fsp3) is 0.500. The van der Waals surface area contributed by atoms with Crippen molar-refractivity contribution in [3.05, 3.63) is 35.4 Å². The van der Waals surface area contributed by atoms with Crippen LogP contribution in [-0.4, -0.2) is 23.1 Å². The summed E-state index contributed by atoms with van der Waals surface area (Å²) in [5.41, 5.74) is 1.01. The maximum Gasteiger partial charge on any atom is 0.335 e. The number of carboxylic acid groups (broad SMARTS) is 1. The van der Waals surface area contributed by atoms with Crippen molar-refractivity contribution in [1.82, 2.24) is 10.6 Å². The Balaban J connectivity index is 1.78. The number of urea groups is 1. The average Bonchev–Trinajstić information content (AvgIpc) is 2.48. The summed E-state index contributed by atoms with van der Waals surface area (Å²) in [6.07, 6.45) is 4.38. The van der Waals surface area contributed by atoms with Crippen LogP contribution in [0.15, 0.2) is 24.3 Å². The number of benzene rings is 1. The third kappa shape index (κ3) is 4.77. The summed E-state index contributed by atoms with van der Waals surface area (Å²) in [6.45, 7) is 2.57. The number of nitrogens with one attached hydrogen (secondary N) is 2. The molecule has 1 aliphatic carbocycles. The van der Waals surface area contributed by atoms with Gasteiger partial charge < -0.3 is 15.7 Å². The Morgan fingerprint density at radius 2 is 1.95 bits per heavy atom. The van der Waals surface area contributed by atoms with Crippen LogP contribution < -0.4 is 10.6 Å². The topological polar surface area (TPSA) is 78.4 Å². The molecule has 0 aromatic heterocycles. The van der Waals surface area contributed by atoms with Gasteiger partial charge in [-0.15, -0.1) is 0 Å². The van der Waals surface area contributed by atoms with E-state index in [4.69, 9.17) is 5.11 Å². The molecule has 0 saturated heterocycles. The van der Waals surface area contributed by atoms with Crippen molar-refractivity contribution in [2.75, 3.05) is 0 Å². The number of amides is 2. The molecule has 0 bridgehead atoms. The van der Waals surface area contributed by atoms with Crippen molar-refractivity contribution in [3.8, 4) is 0 Å². The van der Waals surface area contributed by atoms with Crippen LogP contribution in [0, 0.1) is 5.92 Å². The SMILES string of the molecule is CC1CCC(NC(=O)NCc2cccc(C(=O)O)c2)CC1. The molecule has 1 aliphatic rings. The van der Waals surface area contributed by atoms with E-state index in [-0.39, 0.29) is 17.6 Å². The Hall–Kier alpha value is -2.04. The van der Waals surface area contributed by atoms with Crippen LogP contribution in [0.25, 0.3) is 0 Å². The van der Waals surface area contributed by atoms with Gasteiger partial charge >= 0.3 is 12.0 Å². The van der Waals surface area contributed by atoms with Crippen LogP contribution >= 0.6 is 0 Å². The lowest BCUT2D eigenvalue weighted by Gasteiger charge is -2.26. The van der Waals surface area contributed by atoms with Crippen molar-refractivity contribution in [1.29, 1.82) is 0 Å². The zero-order valence-corrected chi connectivity index (χ0v) is 12.3. The molecule has 2 rings (SSSR count). The highest BCUT2D eigenvalue weighted by Crippen LogP contribution is 2.23. The zero-order chi connectivity index (χ0) is 15.2. The molecule has 0 atom stereocenters. The van der Waals surface area contributed by atoms with E-state index >= 15 is 0 Å².